The van der Waals surface area contributed by atoms with Gasteiger partial charge >= 0.3 is 0 Å². The maximum atomic E-state index is 6.00. The number of rotatable bonds is 5. The van der Waals surface area contributed by atoms with Crippen LogP contribution < -0.4 is 4.90 Å². The largest absolute Gasteiger partial charge is 0.377 e. The predicted octanol–water partition coefficient (Wildman–Crippen LogP) is 2.71. The Morgan fingerprint density at radius 3 is 2.52 bits per heavy atom. The maximum Gasteiger partial charge on any atom is 0.156 e. The molecule has 0 bridgehead atoms. The molecule has 0 amide bonds. The third-order valence-corrected chi connectivity index (χ3v) is 3.66. The molecule has 0 saturated heterocycles. The van der Waals surface area contributed by atoms with Crippen molar-refractivity contribution in [2.45, 2.75) is 64.9 Å². The van der Waals surface area contributed by atoms with Crippen molar-refractivity contribution in [2.75, 3.05) is 19.1 Å². The van der Waals surface area contributed by atoms with Gasteiger partial charge in [-0.25, -0.2) is 9.97 Å². The number of hydrogen-bond acceptors (Lipinski definition) is 5. The molecule has 0 aliphatic heterocycles. The molecule has 0 unspecified atom stereocenters. The number of anilines is 1. The first-order chi connectivity index (χ1) is 9.78. The predicted molar refractivity (Wildman–Crippen MR) is 83.5 cm³/mol. The van der Waals surface area contributed by atoms with Crippen LogP contribution in [-0.2, 0) is 16.1 Å². The highest BCUT2D eigenvalue weighted by Gasteiger charge is 2.35. The molecule has 1 aliphatic carbocycles. The van der Waals surface area contributed by atoms with E-state index in [2.05, 4.69) is 42.7 Å². The minimum atomic E-state index is -0.0641. The fourth-order valence-corrected chi connectivity index (χ4v) is 2.62. The van der Waals surface area contributed by atoms with Crippen molar-refractivity contribution in [3.63, 3.8) is 0 Å². The van der Waals surface area contributed by atoms with E-state index < -0.39 is 0 Å². The Morgan fingerprint density at radius 2 is 1.95 bits per heavy atom. The Bertz CT molecular complexity index is 479. The van der Waals surface area contributed by atoms with E-state index in [9.17, 15) is 0 Å². The van der Waals surface area contributed by atoms with Gasteiger partial charge in [0.05, 0.1) is 11.7 Å². The van der Waals surface area contributed by atoms with Crippen LogP contribution in [0.25, 0.3) is 0 Å². The lowest BCUT2D eigenvalue weighted by molar-refractivity contribution is -0.0981. The summed E-state index contributed by atoms with van der Waals surface area (Å²) in [7, 11) is 3.76. The molecule has 1 aromatic heterocycles. The first-order valence-corrected chi connectivity index (χ1v) is 7.52. The van der Waals surface area contributed by atoms with Crippen molar-refractivity contribution < 1.29 is 9.47 Å². The Hall–Kier alpha value is -1.20. The topological polar surface area (TPSA) is 47.5 Å². The fourth-order valence-electron chi connectivity index (χ4n) is 2.62. The van der Waals surface area contributed by atoms with Crippen LogP contribution in [0.5, 0.6) is 0 Å². The summed E-state index contributed by atoms with van der Waals surface area (Å²) in [5, 5.41) is 0. The van der Waals surface area contributed by atoms with E-state index in [1.165, 1.54) is 0 Å². The van der Waals surface area contributed by atoms with Crippen LogP contribution in [-0.4, -0.2) is 41.9 Å². The zero-order valence-electron chi connectivity index (χ0n) is 14.0. The molecule has 0 radical (unpaired) electrons. The van der Waals surface area contributed by atoms with Crippen LogP contribution in [0.2, 0.25) is 0 Å². The number of methoxy groups -OCH3 is 1. The van der Waals surface area contributed by atoms with Crippen LogP contribution >= 0.6 is 0 Å². The maximum absolute atomic E-state index is 6.00. The third kappa shape index (κ3) is 4.38. The second-order valence-electron chi connectivity index (χ2n) is 6.81. The highest BCUT2D eigenvalue weighted by atomic mass is 16.5. The molecule has 0 N–H and O–H groups in total. The Balaban J connectivity index is 1.97. The number of ether oxygens (including phenoxy) is 2. The number of nitrogens with zero attached hydrogens (tertiary/aromatic N) is 3. The minimum Gasteiger partial charge on any atom is -0.377 e. The first kappa shape index (κ1) is 16.2. The van der Waals surface area contributed by atoms with Gasteiger partial charge in [-0.3, -0.25) is 0 Å². The molecule has 1 aromatic rings. The average molecular weight is 293 g/mol. The molecule has 5 nitrogen and oxygen atoms in total. The van der Waals surface area contributed by atoms with Crippen LogP contribution in [0.1, 0.15) is 45.1 Å². The van der Waals surface area contributed by atoms with Crippen LogP contribution in [0.15, 0.2) is 6.07 Å². The molecule has 0 atom stereocenters. The molecule has 1 aliphatic rings. The average Bonchev–Trinajstić information content (AvgIpc) is 2.31. The summed E-state index contributed by atoms with van der Waals surface area (Å²) in [5.41, 5.74) is 0.909. The molecule has 0 aromatic carbocycles. The smallest absolute Gasteiger partial charge is 0.156 e. The second-order valence-corrected chi connectivity index (χ2v) is 6.81. The van der Waals surface area contributed by atoms with Gasteiger partial charge in [0.2, 0.25) is 0 Å². The van der Waals surface area contributed by atoms with Gasteiger partial charge in [0.1, 0.15) is 12.4 Å². The van der Waals surface area contributed by atoms with Gasteiger partial charge in [0.15, 0.2) is 5.82 Å². The number of aryl methyl sites for hydroxylation is 1. The van der Waals surface area contributed by atoms with Crippen molar-refractivity contribution >= 4 is 5.82 Å². The second kappa shape index (κ2) is 6.28. The van der Waals surface area contributed by atoms with E-state index >= 15 is 0 Å². The van der Waals surface area contributed by atoms with Crippen LogP contribution in [0.4, 0.5) is 5.82 Å². The summed E-state index contributed by atoms with van der Waals surface area (Å²) in [6, 6.07) is 2.51. The molecule has 1 heterocycles. The van der Waals surface area contributed by atoms with Crippen molar-refractivity contribution in [1.82, 2.24) is 9.97 Å². The summed E-state index contributed by atoms with van der Waals surface area (Å²) >= 11 is 0. The van der Waals surface area contributed by atoms with E-state index in [4.69, 9.17) is 9.47 Å². The van der Waals surface area contributed by atoms with Gasteiger partial charge in [-0.1, -0.05) is 0 Å². The Labute approximate surface area is 127 Å². The molecule has 1 fully saturated rings. The number of aromatic nitrogens is 2. The molecule has 5 heteroatoms. The normalized spacial score (nSPS) is 22.0. The fraction of sp³-hybridized carbons (Fsp3) is 0.750. The summed E-state index contributed by atoms with van der Waals surface area (Å²) in [4.78, 5) is 11.2. The zero-order chi connectivity index (χ0) is 15.6. The van der Waals surface area contributed by atoms with Gasteiger partial charge in [-0.05, 0) is 40.5 Å². The van der Waals surface area contributed by atoms with E-state index in [1.807, 2.05) is 13.0 Å². The van der Waals surface area contributed by atoms with Gasteiger partial charge in [-0.2, -0.15) is 0 Å². The van der Waals surface area contributed by atoms with Crippen molar-refractivity contribution in [3.05, 3.63) is 17.6 Å². The van der Waals surface area contributed by atoms with Gasteiger partial charge in [0.25, 0.3) is 0 Å². The molecular formula is C16H27N3O2. The summed E-state index contributed by atoms with van der Waals surface area (Å²) in [5.74, 6) is 1.70. The van der Waals surface area contributed by atoms with Gasteiger partial charge in [-0.15, -0.1) is 0 Å². The molecular weight excluding hydrogens is 266 g/mol. The Morgan fingerprint density at radius 1 is 1.29 bits per heavy atom. The standard InChI is InChI=1S/C16H27N3O2/c1-11-7-15(18-14(17-11)10-20-6)19(5)12-8-13(9-12)21-16(2,3)4/h7,12-13H,8-10H2,1-6H3. The van der Waals surface area contributed by atoms with E-state index in [-0.39, 0.29) is 5.60 Å². The van der Waals surface area contributed by atoms with Gasteiger partial charge in [0, 0.05) is 32.0 Å². The molecule has 21 heavy (non-hydrogen) atoms. The molecule has 118 valence electrons. The van der Waals surface area contributed by atoms with Crippen LogP contribution in [0.3, 0.4) is 0 Å². The van der Waals surface area contributed by atoms with E-state index in [1.54, 1.807) is 7.11 Å². The highest BCUT2D eigenvalue weighted by molar-refractivity contribution is 5.40. The van der Waals surface area contributed by atoms with E-state index in [0.717, 1.165) is 30.2 Å². The molecule has 2 rings (SSSR count). The zero-order valence-corrected chi connectivity index (χ0v) is 14.0. The van der Waals surface area contributed by atoms with Gasteiger partial charge < -0.3 is 14.4 Å². The van der Waals surface area contributed by atoms with Crippen molar-refractivity contribution in [1.29, 1.82) is 0 Å². The SMILES string of the molecule is COCc1nc(C)cc(N(C)C2CC(OC(C)(C)C)C2)n1. The Kier molecular flexibility index (Phi) is 4.84. The van der Waals surface area contributed by atoms with Crippen molar-refractivity contribution in [2.24, 2.45) is 0 Å². The summed E-state index contributed by atoms with van der Waals surface area (Å²) in [6.45, 7) is 8.76. The minimum absolute atomic E-state index is 0.0641. The van der Waals surface area contributed by atoms with E-state index in [0.29, 0.717) is 18.8 Å². The lowest BCUT2D eigenvalue weighted by Gasteiger charge is -2.44. The lowest BCUT2D eigenvalue weighted by atomic mass is 9.87. The molecule has 0 spiro atoms. The first-order valence-electron chi connectivity index (χ1n) is 7.52. The van der Waals surface area contributed by atoms with Crippen molar-refractivity contribution in [3.8, 4) is 0 Å². The quantitative estimate of drug-likeness (QED) is 0.835. The monoisotopic (exact) mass is 293 g/mol. The van der Waals surface area contributed by atoms with Crippen LogP contribution in [0, 0.1) is 6.92 Å². The third-order valence-electron chi connectivity index (χ3n) is 3.66. The molecule has 1 saturated carbocycles. The summed E-state index contributed by atoms with van der Waals surface area (Å²) in [6.07, 6.45) is 2.46. The lowest BCUT2D eigenvalue weighted by Crippen LogP contribution is -2.49. The highest BCUT2D eigenvalue weighted by Crippen LogP contribution is 2.32. The summed E-state index contributed by atoms with van der Waals surface area (Å²) < 4.78 is 11.1. The number of hydrogen-bond donors (Lipinski definition) is 0.